The van der Waals surface area contributed by atoms with Crippen LogP contribution in [-0.4, -0.2) is 12.1 Å². The molecule has 3 aromatic rings. The van der Waals surface area contributed by atoms with Gasteiger partial charge in [-0.15, -0.1) is 0 Å². The molecule has 5 heteroatoms. The first-order chi connectivity index (χ1) is 14.6. The fraction of sp³-hybridized carbons (Fsp3) is 0.308. The van der Waals surface area contributed by atoms with E-state index in [1.54, 1.807) is 14.0 Å². The SMILES string of the molecule is COc1ccc(-c2cc(C)[nH]c(=O)c2C#N)cc1COc1cc(C)ccc1C(C)(C)C. The van der Waals surface area contributed by atoms with Gasteiger partial charge in [-0.25, -0.2) is 0 Å². The Morgan fingerprint density at radius 2 is 1.77 bits per heavy atom. The van der Waals surface area contributed by atoms with E-state index in [1.807, 2.05) is 43.3 Å². The number of aromatic nitrogens is 1. The fourth-order valence-corrected chi connectivity index (χ4v) is 3.61. The van der Waals surface area contributed by atoms with Gasteiger partial charge in [0.2, 0.25) is 0 Å². The lowest BCUT2D eigenvalue weighted by atomic mass is 9.86. The summed E-state index contributed by atoms with van der Waals surface area (Å²) in [6.45, 7) is 10.6. The third kappa shape index (κ3) is 4.80. The molecular weight excluding hydrogens is 388 g/mol. The van der Waals surface area contributed by atoms with Crippen molar-refractivity contribution in [2.45, 2.75) is 46.6 Å². The molecule has 160 valence electrons. The quantitative estimate of drug-likeness (QED) is 0.603. The number of rotatable bonds is 5. The van der Waals surface area contributed by atoms with Crippen LogP contribution in [0.5, 0.6) is 11.5 Å². The highest BCUT2D eigenvalue weighted by Gasteiger charge is 2.20. The Labute approximate surface area is 183 Å². The largest absolute Gasteiger partial charge is 0.496 e. The first kappa shape index (κ1) is 22.2. The summed E-state index contributed by atoms with van der Waals surface area (Å²) in [4.78, 5) is 14.9. The van der Waals surface area contributed by atoms with Crippen LogP contribution in [0.2, 0.25) is 0 Å². The molecule has 0 radical (unpaired) electrons. The van der Waals surface area contributed by atoms with Crippen LogP contribution >= 0.6 is 0 Å². The molecule has 31 heavy (non-hydrogen) atoms. The molecule has 1 aromatic heterocycles. The highest BCUT2D eigenvalue weighted by molar-refractivity contribution is 5.71. The zero-order valence-electron chi connectivity index (χ0n) is 18.9. The summed E-state index contributed by atoms with van der Waals surface area (Å²) in [6, 6.07) is 15.7. The summed E-state index contributed by atoms with van der Waals surface area (Å²) >= 11 is 0. The minimum absolute atomic E-state index is 0.0563. The van der Waals surface area contributed by atoms with Crippen molar-refractivity contribution in [3.05, 3.63) is 80.8 Å². The van der Waals surface area contributed by atoms with Gasteiger partial charge in [0, 0.05) is 16.8 Å². The molecule has 0 bridgehead atoms. The number of nitriles is 1. The Morgan fingerprint density at radius 3 is 2.42 bits per heavy atom. The van der Waals surface area contributed by atoms with Crippen LogP contribution in [0.15, 0.2) is 47.3 Å². The molecule has 0 amide bonds. The molecule has 0 atom stereocenters. The van der Waals surface area contributed by atoms with Crippen LogP contribution in [0.3, 0.4) is 0 Å². The summed E-state index contributed by atoms with van der Waals surface area (Å²) in [5.41, 5.74) is 4.80. The van der Waals surface area contributed by atoms with Gasteiger partial charge in [-0.1, -0.05) is 39.0 Å². The Morgan fingerprint density at radius 1 is 1.03 bits per heavy atom. The van der Waals surface area contributed by atoms with Crippen molar-refractivity contribution in [1.82, 2.24) is 4.98 Å². The number of hydrogen-bond acceptors (Lipinski definition) is 4. The lowest BCUT2D eigenvalue weighted by Crippen LogP contribution is -2.14. The van der Waals surface area contributed by atoms with E-state index in [-0.39, 0.29) is 16.5 Å². The Bertz CT molecular complexity index is 1210. The highest BCUT2D eigenvalue weighted by atomic mass is 16.5. The van der Waals surface area contributed by atoms with E-state index in [0.29, 0.717) is 23.6 Å². The van der Waals surface area contributed by atoms with E-state index < -0.39 is 0 Å². The Hall–Kier alpha value is -3.52. The lowest BCUT2D eigenvalue weighted by Gasteiger charge is -2.23. The molecule has 5 nitrogen and oxygen atoms in total. The topological polar surface area (TPSA) is 75.1 Å². The van der Waals surface area contributed by atoms with Crippen LogP contribution in [-0.2, 0) is 12.0 Å². The number of aromatic amines is 1. The average molecular weight is 417 g/mol. The molecule has 2 aromatic carbocycles. The smallest absolute Gasteiger partial charge is 0.266 e. The van der Waals surface area contributed by atoms with Crippen LogP contribution in [0, 0.1) is 25.2 Å². The Balaban J connectivity index is 2.03. The third-order valence-corrected chi connectivity index (χ3v) is 5.20. The second kappa shape index (κ2) is 8.69. The Kier molecular flexibility index (Phi) is 6.21. The molecule has 0 aliphatic carbocycles. The van der Waals surface area contributed by atoms with Gasteiger partial charge in [-0.2, -0.15) is 5.26 Å². The van der Waals surface area contributed by atoms with Crippen LogP contribution in [0.25, 0.3) is 11.1 Å². The predicted octanol–water partition coefficient (Wildman–Crippen LogP) is 5.42. The third-order valence-electron chi connectivity index (χ3n) is 5.20. The molecule has 0 fully saturated rings. The molecule has 3 rings (SSSR count). The first-order valence-electron chi connectivity index (χ1n) is 10.2. The van der Waals surface area contributed by atoms with Crippen LogP contribution in [0.1, 0.15) is 48.7 Å². The van der Waals surface area contributed by atoms with E-state index >= 15 is 0 Å². The van der Waals surface area contributed by atoms with Crippen molar-refractivity contribution in [2.75, 3.05) is 7.11 Å². The van der Waals surface area contributed by atoms with Crippen molar-refractivity contribution in [2.24, 2.45) is 0 Å². The van der Waals surface area contributed by atoms with E-state index in [0.717, 1.165) is 28.0 Å². The van der Waals surface area contributed by atoms with Crippen molar-refractivity contribution < 1.29 is 9.47 Å². The highest BCUT2D eigenvalue weighted by Crippen LogP contribution is 2.34. The zero-order valence-corrected chi connectivity index (χ0v) is 18.9. The van der Waals surface area contributed by atoms with Gasteiger partial charge in [0.05, 0.1) is 7.11 Å². The molecule has 0 spiro atoms. The molecule has 1 heterocycles. The normalized spacial score (nSPS) is 11.1. The van der Waals surface area contributed by atoms with Crippen LogP contribution in [0.4, 0.5) is 0 Å². The molecular formula is C26H28N2O3. The maximum atomic E-state index is 12.2. The number of methoxy groups -OCH3 is 1. The lowest BCUT2D eigenvalue weighted by molar-refractivity contribution is 0.289. The number of ether oxygens (including phenoxy) is 2. The van der Waals surface area contributed by atoms with E-state index in [1.165, 1.54) is 0 Å². The van der Waals surface area contributed by atoms with Gasteiger partial charge in [0.15, 0.2) is 0 Å². The summed E-state index contributed by atoms with van der Waals surface area (Å²) < 4.78 is 11.8. The number of pyridine rings is 1. The van der Waals surface area contributed by atoms with Gasteiger partial charge in [0.1, 0.15) is 29.7 Å². The summed E-state index contributed by atoms with van der Waals surface area (Å²) in [7, 11) is 1.61. The summed E-state index contributed by atoms with van der Waals surface area (Å²) in [5.74, 6) is 1.53. The van der Waals surface area contributed by atoms with Gasteiger partial charge in [-0.05, 0) is 60.2 Å². The zero-order chi connectivity index (χ0) is 22.8. The number of nitrogens with zero attached hydrogens (tertiary/aromatic N) is 1. The van der Waals surface area contributed by atoms with Crippen molar-refractivity contribution >= 4 is 0 Å². The second-order valence-corrected chi connectivity index (χ2v) is 8.75. The minimum Gasteiger partial charge on any atom is -0.496 e. The summed E-state index contributed by atoms with van der Waals surface area (Å²) in [5, 5.41) is 9.49. The molecule has 0 saturated heterocycles. The molecule has 0 saturated carbocycles. The molecule has 1 N–H and O–H groups in total. The van der Waals surface area contributed by atoms with Gasteiger partial charge in [-0.3, -0.25) is 4.79 Å². The average Bonchev–Trinajstić information content (AvgIpc) is 2.70. The van der Waals surface area contributed by atoms with Crippen molar-refractivity contribution in [1.29, 1.82) is 5.26 Å². The molecule has 0 aliphatic heterocycles. The van der Waals surface area contributed by atoms with Crippen molar-refractivity contribution in [3.63, 3.8) is 0 Å². The van der Waals surface area contributed by atoms with Crippen LogP contribution < -0.4 is 15.0 Å². The molecule has 0 unspecified atom stereocenters. The predicted molar refractivity (Wildman–Crippen MR) is 123 cm³/mol. The van der Waals surface area contributed by atoms with E-state index in [4.69, 9.17) is 9.47 Å². The van der Waals surface area contributed by atoms with Gasteiger partial charge in [0.25, 0.3) is 5.56 Å². The number of nitrogens with one attached hydrogen (secondary N) is 1. The fourth-order valence-electron chi connectivity index (χ4n) is 3.61. The maximum Gasteiger partial charge on any atom is 0.266 e. The van der Waals surface area contributed by atoms with Gasteiger partial charge < -0.3 is 14.5 Å². The monoisotopic (exact) mass is 416 g/mol. The first-order valence-corrected chi connectivity index (χ1v) is 10.2. The number of aryl methyl sites for hydroxylation is 2. The van der Waals surface area contributed by atoms with E-state index in [2.05, 4.69) is 37.9 Å². The molecule has 0 aliphatic rings. The summed E-state index contributed by atoms with van der Waals surface area (Å²) in [6.07, 6.45) is 0. The maximum absolute atomic E-state index is 12.2. The second-order valence-electron chi connectivity index (χ2n) is 8.75. The number of H-pyrrole nitrogens is 1. The van der Waals surface area contributed by atoms with Crippen molar-refractivity contribution in [3.8, 4) is 28.7 Å². The van der Waals surface area contributed by atoms with Gasteiger partial charge >= 0.3 is 0 Å². The number of benzene rings is 2. The minimum atomic E-state index is -0.388. The van der Waals surface area contributed by atoms with E-state index in [9.17, 15) is 10.1 Å². The number of hydrogen-bond donors (Lipinski definition) is 1. The standard InChI is InChI=1S/C26H28N2O3/c1-16-7-9-22(26(3,4)5)24(11-16)31-15-19-13-18(8-10-23(19)30-6)20-12-17(2)28-25(29)21(20)14-27/h7-13H,15H2,1-6H3,(H,28,29).